The lowest BCUT2D eigenvalue weighted by Gasteiger charge is -2.19. The lowest BCUT2D eigenvalue weighted by Crippen LogP contribution is -2.36. The molecule has 0 unspecified atom stereocenters. The molecule has 0 spiro atoms. The molecule has 0 bridgehead atoms. The average molecular weight is 280 g/mol. The van der Waals surface area contributed by atoms with Crippen LogP contribution in [0.1, 0.15) is 24.2 Å². The molecule has 0 aliphatic heterocycles. The van der Waals surface area contributed by atoms with E-state index >= 15 is 0 Å². The Kier molecular flexibility index (Phi) is 5.64. The Morgan fingerprint density at radius 3 is 2.50 bits per heavy atom. The number of ether oxygens (including phenoxy) is 1. The molecule has 0 fully saturated rings. The lowest BCUT2D eigenvalue weighted by molar-refractivity contribution is -0.385. The Labute approximate surface area is 116 Å². The minimum absolute atomic E-state index is 0.0383. The molecule has 0 radical (unpaired) electrons. The van der Waals surface area contributed by atoms with E-state index in [0.29, 0.717) is 0 Å². The van der Waals surface area contributed by atoms with Gasteiger partial charge in [-0.1, -0.05) is 12.1 Å². The minimum Gasteiger partial charge on any atom is -0.465 e. The number of nitro benzene ring substituents is 1. The maximum atomic E-state index is 12.3. The van der Waals surface area contributed by atoms with Crippen LogP contribution in [0.3, 0.4) is 0 Å². The van der Waals surface area contributed by atoms with E-state index in [1.807, 2.05) is 0 Å². The average Bonchev–Trinajstić information content (AvgIpc) is 2.44. The first-order valence-corrected chi connectivity index (χ1v) is 6.19. The van der Waals surface area contributed by atoms with Crippen LogP contribution in [0.5, 0.6) is 0 Å². The number of nitro groups is 1. The molecule has 20 heavy (non-hydrogen) atoms. The van der Waals surface area contributed by atoms with Crippen molar-refractivity contribution < 1.29 is 19.2 Å². The van der Waals surface area contributed by atoms with Crippen LogP contribution in [0.4, 0.5) is 5.69 Å². The molecule has 108 valence electrons. The summed E-state index contributed by atoms with van der Waals surface area (Å²) in [6.07, 6.45) is 0. The van der Waals surface area contributed by atoms with E-state index in [1.165, 1.54) is 23.1 Å². The first-order chi connectivity index (χ1) is 9.51. The standard InChI is InChI=1S/C13H16N2O5/c1-3-14(9-12(16)20-4-2)13(17)10-7-5-6-8-11(10)15(18)19/h5-8H,3-4,9H2,1-2H3. The van der Waals surface area contributed by atoms with Gasteiger partial charge in [-0.05, 0) is 19.9 Å². The number of para-hydroxylation sites is 1. The van der Waals surface area contributed by atoms with Gasteiger partial charge in [0.15, 0.2) is 0 Å². The van der Waals surface area contributed by atoms with Crippen molar-refractivity contribution in [2.24, 2.45) is 0 Å². The van der Waals surface area contributed by atoms with Gasteiger partial charge in [0.2, 0.25) is 0 Å². The van der Waals surface area contributed by atoms with Crippen molar-refractivity contribution in [2.45, 2.75) is 13.8 Å². The highest BCUT2D eigenvalue weighted by molar-refractivity contribution is 5.99. The SMILES string of the molecule is CCOC(=O)CN(CC)C(=O)c1ccccc1[N+](=O)[O-]. The molecule has 1 amide bonds. The molecule has 0 atom stereocenters. The summed E-state index contributed by atoms with van der Waals surface area (Å²) < 4.78 is 4.77. The molecule has 0 heterocycles. The monoisotopic (exact) mass is 280 g/mol. The van der Waals surface area contributed by atoms with E-state index < -0.39 is 16.8 Å². The van der Waals surface area contributed by atoms with E-state index in [9.17, 15) is 19.7 Å². The largest absolute Gasteiger partial charge is 0.465 e. The van der Waals surface area contributed by atoms with Crippen LogP contribution < -0.4 is 0 Å². The molecular formula is C13H16N2O5. The van der Waals surface area contributed by atoms with Gasteiger partial charge in [-0.15, -0.1) is 0 Å². The number of nitrogens with zero attached hydrogens (tertiary/aromatic N) is 2. The predicted octanol–water partition coefficient (Wildman–Crippen LogP) is 1.62. The smallest absolute Gasteiger partial charge is 0.325 e. The van der Waals surface area contributed by atoms with E-state index in [0.717, 1.165) is 0 Å². The van der Waals surface area contributed by atoms with E-state index in [-0.39, 0.29) is 30.9 Å². The zero-order chi connectivity index (χ0) is 15.1. The number of carbonyl (C=O) groups excluding carboxylic acids is 2. The van der Waals surface area contributed by atoms with Gasteiger partial charge in [-0.25, -0.2) is 0 Å². The lowest BCUT2D eigenvalue weighted by atomic mass is 10.1. The summed E-state index contributed by atoms with van der Waals surface area (Å²) in [5.41, 5.74) is -0.316. The van der Waals surface area contributed by atoms with Gasteiger partial charge in [0, 0.05) is 12.6 Å². The number of hydrogen-bond donors (Lipinski definition) is 0. The second kappa shape index (κ2) is 7.22. The Balaban J connectivity index is 2.97. The molecule has 0 aliphatic rings. The number of benzene rings is 1. The Morgan fingerprint density at radius 2 is 1.95 bits per heavy atom. The van der Waals surface area contributed by atoms with Crippen molar-refractivity contribution in [3.05, 3.63) is 39.9 Å². The number of rotatable bonds is 6. The zero-order valence-corrected chi connectivity index (χ0v) is 11.4. The Bertz CT molecular complexity index is 515. The van der Waals surface area contributed by atoms with Crippen molar-refractivity contribution in [3.8, 4) is 0 Å². The molecule has 7 nitrogen and oxygen atoms in total. The molecule has 0 N–H and O–H groups in total. The Hall–Kier alpha value is -2.44. The van der Waals surface area contributed by atoms with Crippen LogP contribution in [0.2, 0.25) is 0 Å². The van der Waals surface area contributed by atoms with Gasteiger partial charge in [0.25, 0.3) is 11.6 Å². The van der Waals surface area contributed by atoms with Crippen LogP contribution in [-0.4, -0.2) is 41.4 Å². The quantitative estimate of drug-likeness (QED) is 0.448. The van der Waals surface area contributed by atoms with Crippen LogP contribution in [-0.2, 0) is 9.53 Å². The summed E-state index contributed by atoms with van der Waals surface area (Å²) >= 11 is 0. The summed E-state index contributed by atoms with van der Waals surface area (Å²) in [6, 6.07) is 5.65. The molecule has 0 aromatic heterocycles. The second-order valence-corrected chi connectivity index (χ2v) is 3.90. The first-order valence-electron chi connectivity index (χ1n) is 6.19. The summed E-state index contributed by atoms with van der Waals surface area (Å²) in [5.74, 6) is -1.10. The summed E-state index contributed by atoms with van der Waals surface area (Å²) in [5, 5.41) is 10.9. The zero-order valence-electron chi connectivity index (χ0n) is 11.4. The van der Waals surface area contributed by atoms with Crippen molar-refractivity contribution >= 4 is 17.6 Å². The summed E-state index contributed by atoms with van der Waals surface area (Å²) in [4.78, 5) is 35.2. The number of likely N-dealkylation sites (N-methyl/N-ethyl adjacent to an activating group) is 1. The number of amides is 1. The van der Waals surface area contributed by atoms with Gasteiger partial charge < -0.3 is 9.64 Å². The van der Waals surface area contributed by atoms with Crippen molar-refractivity contribution in [2.75, 3.05) is 19.7 Å². The fourth-order valence-electron chi connectivity index (χ4n) is 1.67. The van der Waals surface area contributed by atoms with Crippen molar-refractivity contribution in [1.29, 1.82) is 0 Å². The van der Waals surface area contributed by atoms with Crippen molar-refractivity contribution in [1.82, 2.24) is 4.90 Å². The van der Waals surface area contributed by atoms with E-state index in [2.05, 4.69) is 0 Å². The first kappa shape index (κ1) is 15.6. The maximum Gasteiger partial charge on any atom is 0.325 e. The third-order valence-electron chi connectivity index (χ3n) is 2.63. The molecule has 0 saturated carbocycles. The fourth-order valence-corrected chi connectivity index (χ4v) is 1.67. The van der Waals surface area contributed by atoms with Crippen molar-refractivity contribution in [3.63, 3.8) is 0 Å². The van der Waals surface area contributed by atoms with Crippen LogP contribution in [0.15, 0.2) is 24.3 Å². The van der Waals surface area contributed by atoms with E-state index in [4.69, 9.17) is 4.74 Å². The predicted molar refractivity (Wildman–Crippen MR) is 71.3 cm³/mol. The Morgan fingerprint density at radius 1 is 1.30 bits per heavy atom. The molecule has 1 aromatic rings. The molecule has 0 aliphatic carbocycles. The summed E-state index contributed by atoms with van der Waals surface area (Å²) in [7, 11) is 0. The minimum atomic E-state index is -0.620. The fraction of sp³-hybridized carbons (Fsp3) is 0.385. The van der Waals surface area contributed by atoms with Gasteiger partial charge >= 0.3 is 5.97 Å². The second-order valence-electron chi connectivity index (χ2n) is 3.90. The third kappa shape index (κ3) is 3.78. The molecule has 0 saturated heterocycles. The summed E-state index contributed by atoms with van der Waals surface area (Å²) in [6.45, 7) is 3.60. The van der Waals surface area contributed by atoms with Gasteiger partial charge in [-0.3, -0.25) is 19.7 Å². The number of hydrogen-bond acceptors (Lipinski definition) is 5. The molecule has 7 heteroatoms. The number of esters is 1. The van der Waals surface area contributed by atoms with E-state index in [1.54, 1.807) is 19.9 Å². The van der Waals surface area contributed by atoms with Gasteiger partial charge in [0.05, 0.1) is 11.5 Å². The normalized spacial score (nSPS) is 9.90. The molecule has 1 aromatic carbocycles. The maximum absolute atomic E-state index is 12.3. The highest BCUT2D eigenvalue weighted by Gasteiger charge is 2.24. The third-order valence-corrected chi connectivity index (χ3v) is 2.63. The van der Waals surface area contributed by atoms with Crippen LogP contribution in [0, 0.1) is 10.1 Å². The van der Waals surface area contributed by atoms with Gasteiger partial charge in [0.1, 0.15) is 12.1 Å². The van der Waals surface area contributed by atoms with Crippen LogP contribution >= 0.6 is 0 Å². The highest BCUT2D eigenvalue weighted by Crippen LogP contribution is 2.19. The topological polar surface area (TPSA) is 89.8 Å². The highest BCUT2D eigenvalue weighted by atomic mass is 16.6. The molecule has 1 rings (SSSR count). The number of carbonyl (C=O) groups is 2. The molecular weight excluding hydrogens is 264 g/mol. The van der Waals surface area contributed by atoms with Gasteiger partial charge in [-0.2, -0.15) is 0 Å². The van der Waals surface area contributed by atoms with Crippen LogP contribution in [0.25, 0.3) is 0 Å².